The molecule has 10 heteroatoms. The summed E-state index contributed by atoms with van der Waals surface area (Å²) in [4.78, 5) is 29.6. The molecule has 0 aliphatic carbocycles. The zero-order valence-electron chi connectivity index (χ0n) is 22.2. The number of rotatable bonds is 8. The first-order valence-electron chi connectivity index (χ1n) is 13.0. The summed E-state index contributed by atoms with van der Waals surface area (Å²) in [6, 6.07) is 24.5. The van der Waals surface area contributed by atoms with Crippen LogP contribution in [0.3, 0.4) is 0 Å². The summed E-state index contributed by atoms with van der Waals surface area (Å²) >= 11 is 0. The van der Waals surface area contributed by atoms with Gasteiger partial charge in [-0.15, -0.1) is 5.10 Å². The minimum Gasteiger partial charge on any atom is -0.454 e. The monoisotopic (exact) mass is 551 g/mol. The topological polar surface area (TPSA) is 98.6 Å². The Labute approximate surface area is 235 Å². The van der Waals surface area contributed by atoms with Gasteiger partial charge in [0, 0.05) is 18.3 Å². The highest BCUT2D eigenvalue weighted by Gasteiger charge is 2.33. The Morgan fingerprint density at radius 3 is 2.56 bits per heavy atom. The molecule has 1 N–H and O–H groups in total. The van der Waals surface area contributed by atoms with Gasteiger partial charge >= 0.3 is 0 Å². The van der Waals surface area contributed by atoms with Crippen LogP contribution in [0.1, 0.15) is 22.7 Å². The second-order valence-electron chi connectivity index (χ2n) is 9.70. The number of halogens is 1. The Hall–Kier alpha value is -5.25. The first-order chi connectivity index (χ1) is 20.0. The zero-order valence-corrected chi connectivity index (χ0v) is 22.2. The lowest BCUT2D eigenvalue weighted by Gasteiger charge is -2.32. The van der Waals surface area contributed by atoms with E-state index in [0.29, 0.717) is 33.8 Å². The van der Waals surface area contributed by atoms with E-state index >= 15 is 0 Å². The van der Waals surface area contributed by atoms with Gasteiger partial charge in [0.15, 0.2) is 11.5 Å². The van der Waals surface area contributed by atoms with Crippen LogP contribution in [-0.2, 0) is 22.7 Å². The SMILES string of the molecule is Cc1ccccc1CN(C(=O)Cn1nnc2ccccc21)C(C(=O)Nc1ccc2c(c1)OCO2)c1ccc(F)cc1. The lowest BCUT2D eigenvalue weighted by atomic mass is 10.0. The molecule has 2 amide bonds. The summed E-state index contributed by atoms with van der Waals surface area (Å²) in [5.41, 5.74) is 4.10. The molecule has 5 aromatic rings. The number of amides is 2. The van der Waals surface area contributed by atoms with Crippen molar-refractivity contribution in [1.82, 2.24) is 19.9 Å². The third-order valence-electron chi connectivity index (χ3n) is 7.01. The minimum absolute atomic E-state index is 0.0978. The number of carbonyl (C=O) groups excluding carboxylic acids is 2. The molecule has 1 unspecified atom stereocenters. The number of hydrogen-bond acceptors (Lipinski definition) is 6. The minimum atomic E-state index is -1.09. The van der Waals surface area contributed by atoms with Crippen LogP contribution in [0.25, 0.3) is 11.0 Å². The van der Waals surface area contributed by atoms with Gasteiger partial charge in [-0.1, -0.05) is 53.7 Å². The fourth-order valence-corrected chi connectivity index (χ4v) is 4.85. The average molecular weight is 552 g/mol. The van der Waals surface area contributed by atoms with Crippen LogP contribution < -0.4 is 14.8 Å². The number of para-hydroxylation sites is 1. The van der Waals surface area contributed by atoms with Gasteiger partial charge in [0.25, 0.3) is 5.91 Å². The second-order valence-corrected chi connectivity index (χ2v) is 9.70. The van der Waals surface area contributed by atoms with Gasteiger partial charge in [-0.05, 0) is 60.0 Å². The van der Waals surface area contributed by atoms with Crippen LogP contribution in [0, 0.1) is 12.7 Å². The van der Waals surface area contributed by atoms with Crippen LogP contribution >= 0.6 is 0 Å². The maximum Gasteiger partial charge on any atom is 0.251 e. The zero-order chi connectivity index (χ0) is 28.3. The molecule has 1 atom stereocenters. The number of carbonyl (C=O) groups is 2. The Bertz CT molecular complexity index is 1740. The Kier molecular flexibility index (Phi) is 7.03. The predicted octanol–water partition coefficient (Wildman–Crippen LogP) is 5.02. The third kappa shape index (κ3) is 5.44. The molecule has 1 aliphatic heterocycles. The highest BCUT2D eigenvalue weighted by molar-refractivity contribution is 5.98. The number of nitrogens with zero attached hydrogens (tertiary/aromatic N) is 4. The van der Waals surface area contributed by atoms with Crippen molar-refractivity contribution in [3.63, 3.8) is 0 Å². The van der Waals surface area contributed by atoms with Crippen molar-refractivity contribution < 1.29 is 23.5 Å². The van der Waals surface area contributed by atoms with E-state index in [9.17, 15) is 14.0 Å². The van der Waals surface area contributed by atoms with Crippen molar-refractivity contribution in [2.75, 3.05) is 12.1 Å². The maximum atomic E-state index is 14.1. The number of hydrogen-bond donors (Lipinski definition) is 1. The molecule has 0 radical (unpaired) electrons. The Morgan fingerprint density at radius 1 is 0.976 bits per heavy atom. The molecule has 41 heavy (non-hydrogen) atoms. The number of aromatic nitrogens is 3. The van der Waals surface area contributed by atoms with Gasteiger partial charge in [-0.2, -0.15) is 0 Å². The van der Waals surface area contributed by atoms with E-state index in [1.165, 1.54) is 33.8 Å². The van der Waals surface area contributed by atoms with E-state index in [1.54, 1.807) is 18.2 Å². The number of anilines is 1. The molecule has 6 rings (SSSR count). The third-order valence-corrected chi connectivity index (χ3v) is 7.01. The summed E-state index contributed by atoms with van der Waals surface area (Å²) in [5.74, 6) is -0.198. The maximum absolute atomic E-state index is 14.1. The van der Waals surface area contributed by atoms with Gasteiger partial charge in [-0.3, -0.25) is 9.59 Å². The van der Waals surface area contributed by atoms with E-state index < -0.39 is 17.8 Å². The first kappa shape index (κ1) is 26.0. The van der Waals surface area contributed by atoms with Crippen LogP contribution in [0.4, 0.5) is 10.1 Å². The van der Waals surface area contributed by atoms with Gasteiger partial charge in [0.05, 0.1) is 5.52 Å². The molecule has 9 nitrogen and oxygen atoms in total. The number of aryl methyl sites for hydroxylation is 1. The molecule has 4 aromatic carbocycles. The van der Waals surface area contributed by atoms with Crippen LogP contribution in [-0.4, -0.2) is 38.5 Å². The molecular formula is C31H26FN5O4. The van der Waals surface area contributed by atoms with E-state index in [0.717, 1.165) is 11.1 Å². The van der Waals surface area contributed by atoms with Crippen molar-refractivity contribution in [2.45, 2.75) is 26.1 Å². The summed E-state index contributed by atoms with van der Waals surface area (Å²) in [5, 5.41) is 11.2. The van der Waals surface area contributed by atoms with Crippen molar-refractivity contribution in [3.05, 3.63) is 114 Å². The van der Waals surface area contributed by atoms with Gasteiger partial charge in [0.2, 0.25) is 12.7 Å². The fourth-order valence-electron chi connectivity index (χ4n) is 4.85. The quantitative estimate of drug-likeness (QED) is 0.291. The van der Waals surface area contributed by atoms with Crippen molar-refractivity contribution in [3.8, 4) is 11.5 Å². The first-order valence-corrected chi connectivity index (χ1v) is 13.0. The predicted molar refractivity (Wildman–Crippen MR) is 150 cm³/mol. The van der Waals surface area contributed by atoms with Gasteiger partial charge in [-0.25, -0.2) is 9.07 Å². The summed E-state index contributed by atoms with van der Waals surface area (Å²) < 4.78 is 26.3. The summed E-state index contributed by atoms with van der Waals surface area (Å²) in [6.07, 6.45) is 0. The summed E-state index contributed by atoms with van der Waals surface area (Å²) in [7, 11) is 0. The lowest BCUT2D eigenvalue weighted by molar-refractivity contribution is -0.140. The standard InChI is InChI=1S/C31H26FN5O4/c1-20-6-2-3-7-22(20)17-36(29(38)18-37-26-9-5-4-8-25(26)34-35-37)30(21-10-12-23(32)13-11-21)31(39)33-24-14-15-27-28(16-24)41-19-40-27/h2-16,30H,17-19H2,1H3,(H,33,39). The highest BCUT2D eigenvalue weighted by atomic mass is 19.1. The summed E-state index contributed by atoms with van der Waals surface area (Å²) in [6.45, 7) is 2.03. The molecule has 1 aliphatic rings. The van der Waals surface area contributed by atoms with E-state index in [-0.39, 0.29) is 25.8 Å². The largest absolute Gasteiger partial charge is 0.454 e. The van der Waals surface area contributed by atoms with E-state index in [4.69, 9.17) is 9.47 Å². The molecular weight excluding hydrogens is 525 g/mol. The van der Waals surface area contributed by atoms with Crippen LogP contribution in [0.2, 0.25) is 0 Å². The van der Waals surface area contributed by atoms with Gasteiger partial charge < -0.3 is 19.7 Å². The molecule has 0 fully saturated rings. The van der Waals surface area contributed by atoms with Gasteiger partial charge in [0.1, 0.15) is 23.9 Å². The van der Waals surface area contributed by atoms with Crippen molar-refractivity contribution in [1.29, 1.82) is 0 Å². The highest BCUT2D eigenvalue weighted by Crippen LogP contribution is 2.35. The number of ether oxygens (including phenoxy) is 2. The number of nitrogens with one attached hydrogen (secondary N) is 1. The molecule has 0 saturated heterocycles. The molecule has 0 spiro atoms. The Morgan fingerprint density at radius 2 is 1.73 bits per heavy atom. The number of benzene rings is 4. The normalized spacial score (nSPS) is 12.7. The second kappa shape index (κ2) is 11.1. The van der Waals surface area contributed by atoms with E-state index in [1.807, 2.05) is 55.5 Å². The molecule has 0 saturated carbocycles. The van der Waals surface area contributed by atoms with Crippen LogP contribution in [0.5, 0.6) is 11.5 Å². The smallest absolute Gasteiger partial charge is 0.251 e. The Balaban J connectivity index is 1.39. The number of fused-ring (bicyclic) bond motifs is 2. The lowest BCUT2D eigenvalue weighted by Crippen LogP contribution is -2.42. The molecule has 206 valence electrons. The van der Waals surface area contributed by atoms with Crippen molar-refractivity contribution >= 4 is 28.5 Å². The van der Waals surface area contributed by atoms with Crippen molar-refractivity contribution in [2.24, 2.45) is 0 Å². The average Bonchev–Trinajstić information content (AvgIpc) is 3.61. The molecule has 0 bridgehead atoms. The van der Waals surface area contributed by atoms with E-state index in [2.05, 4.69) is 15.6 Å². The van der Waals surface area contributed by atoms with Crippen LogP contribution in [0.15, 0.2) is 91.0 Å². The molecule has 2 heterocycles. The fraction of sp³-hybridized carbons (Fsp3) is 0.161. The molecule has 1 aromatic heterocycles.